The molecule has 3 rings (SSSR count). The van der Waals surface area contributed by atoms with Crippen molar-refractivity contribution in [3.8, 4) is 5.69 Å². The molecule has 0 saturated heterocycles. The summed E-state index contributed by atoms with van der Waals surface area (Å²) in [6.07, 6.45) is 0. The van der Waals surface area contributed by atoms with Crippen LogP contribution in [0.25, 0.3) is 5.69 Å². The summed E-state index contributed by atoms with van der Waals surface area (Å²) in [5.74, 6) is 0.800. The number of hydrogen-bond donors (Lipinski definition) is 0. The third-order valence-electron chi connectivity index (χ3n) is 6.47. The van der Waals surface area contributed by atoms with E-state index in [4.69, 9.17) is 19.1 Å². The zero-order valence-corrected chi connectivity index (χ0v) is 23.8. The van der Waals surface area contributed by atoms with Crippen LogP contribution in [0.15, 0.2) is 30.3 Å². The number of para-hydroxylation sites is 1. The van der Waals surface area contributed by atoms with Gasteiger partial charge in [-0.05, 0) is 0 Å². The van der Waals surface area contributed by atoms with Crippen LogP contribution in [-0.4, -0.2) is 9.13 Å². The Hall–Kier alpha value is -1.11. The van der Waals surface area contributed by atoms with Crippen LogP contribution in [0, 0.1) is 38.5 Å². The number of rotatable bonds is 5. The van der Waals surface area contributed by atoms with E-state index in [0.717, 1.165) is 10.4 Å². The molecule has 0 aliphatic heterocycles. The van der Waals surface area contributed by atoms with Gasteiger partial charge in [0.1, 0.15) is 0 Å². The Morgan fingerprint density at radius 2 is 1.31 bits per heavy atom. The topological polar surface area (TPSA) is 9.86 Å². The molecule has 0 amide bonds. The fourth-order valence-corrected chi connectivity index (χ4v) is 7.47. The number of halogens is 2. The molecule has 1 aromatic heterocycles. The maximum absolute atomic E-state index is 6.82. The average molecular weight is 566 g/mol. The van der Waals surface area contributed by atoms with Crippen LogP contribution in [-0.2, 0) is 20.8 Å². The van der Waals surface area contributed by atoms with Crippen molar-refractivity contribution in [2.24, 2.45) is 0 Å². The molecule has 2 nitrogen and oxygen atoms in total. The third kappa shape index (κ3) is 4.74. The number of aromatic nitrogens is 2. The van der Waals surface area contributed by atoms with Gasteiger partial charge in [-0.3, -0.25) is 0 Å². The second-order valence-electron chi connectivity index (χ2n) is 9.47. The van der Waals surface area contributed by atoms with Gasteiger partial charge in [-0.15, -0.1) is 0 Å². The molecule has 5 heteroatoms. The molecule has 0 radical (unpaired) electrons. The van der Waals surface area contributed by atoms with Crippen LogP contribution in [0.5, 0.6) is 0 Å². The first-order chi connectivity index (χ1) is 15.0. The average Bonchev–Trinajstić information content (AvgIpc) is 2.94. The fourth-order valence-electron chi connectivity index (χ4n) is 4.67. The van der Waals surface area contributed by atoms with Crippen molar-refractivity contribution in [2.45, 2.75) is 80.7 Å². The van der Waals surface area contributed by atoms with Gasteiger partial charge >= 0.3 is 208 Å². The summed E-state index contributed by atoms with van der Waals surface area (Å²) in [7, 11) is 13.6. The van der Waals surface area contributed by atoms with E-state index in [0.29, 0.717) is 11.8 Å². The van der Waals surface area contributed by atoms with E-state index in [2.05, 4.69) is 102 Å². The molecule has 32 heavy (non-hydrogen) atoms. The Balaban J connectivity index is 2.40. The summed E-state index contributed by atoms with van der Waals surface area (Å²) < 4.78 is 5.78. The van der Waals surface area contributed by atoms with Gasteiger partial charge in [0.25, 0.3) is 0 Å². The molecule has 0 spiro atoms. The zero-order valence-electron chi connectivity index (χ0n) is 20.7. The molecule has 0 fully saturated rings. The van der Waals surface area contributed by atoms with Gasteiger partial charge in [-0.2, -0.15) is 0 Å². The number of benzene rings is 2. The normalized spacial score (nSPS) is 12.2. The number of imidazole rings is 1. The summed E-state index contributed by atoms with van der Waals surface area (Å²) in [5, 5.41) is 0. The second-order valence-corrected chi connectivity index (χ2v) is 14.5. The van der Waals surface area contributed by atoms with E-state index < -0.39 is 14.3 Å². The molecular weight excluding hydrogens is 530 g/mol. The maximum atomic E-state index is 6.82. The van der Waals surface area contributed by atoms with Gasteiger partial charge in [0.05, 0.1) is 0 Å². The molecule has 180 valence electrons. The van der Waals surface area contributed by atoms with Crippen molar-refractivity contribution in [2.75, 3.05) is 0 Å². The molecule has 2 aromatic carbocycles. The Bertz CT molecular complexity index is 1180. The quantitative estimate of drug-likeness (QED) is 0.274. The zero-order chi connectivity index (χ0) is 23.9. The molecular formula is C27H36Cl2N2Pd-2. The SMILES string of the molecule is Cc1cc(C)c(Cn2c(C)c(C)n(-c3c(C(C)C)cccc3C(C)C)[c]2=[Pd-2]([Cl])[Cl])c(C)c1. The molecule has 0 N–H and O–H groups in total. The predicted molar refractivity (Wildman–Crippen MR) is 136 cm³/mol. The van der Waals surface area contributed by atoms with Crippen molar-refractivity contribution in [1.82, 2.24) is 9.13 Å². The van der Waals surface area contributed by atoms with Crippen LogP contribution in [0.2, 0.25) is 0 Å². The van der Waals surface area contributed by atoms with Crippen molar-refractivity contribution in [1.29, 1.82) is 0 Å². The van der Waals surface area contributed by atoms with E-state index in [1.54, 1.807) is 0 Å². The second kappa shape index (κ2) is 10.0. The van der Waals surface area contributed by atoms with Crippen LogP contribution < -0.4 is 0 Å². The summed E-state index contributed by atoms with van der Waals surface area (Å²) in [5.41, 5.74) is 11.7. The standard InChI is InChI=1S/C27H36N2.2ClH.Pd/c1-17(2)24-11-10-12-25(18(3)4)27(24)29-16-28(22(8)23(29)9)15-26-20(6)13-19(5)14-21(26)7;;;/h10-14,17-18H,15H2,1-9H3;2*1H;/p-2. The number of nitrogens with zero attached hydrogens (tertiary/aromatic N) is 2. The first-order valence-electron chi connectivity index (χ1n) is 11.2. The molecule has 0 aliphatic carbocycles. The van der Waals surface area contributed by atoms with E-state index >= 15 is 0 Å². The summed E-state index contributed by atoms with van der Waals surface area (Å²) >= 11 is -1.95. The van der Waals surface area contributed by atoms with Gasteiger partial charge in [-0.1, -0.05) is 0 Å². The van der Waals surface area contributed by atoms with Gasteiger partial charge < -0.3 is 0 Å². The third-order valence-corrected chi connectivity index (χ3v) is 9.03. The van der Waals surface area contributed by atoms with E-state index in [1.165, 1.54) is 50.5 Å². The van der Waals surface area contributed by atoms with Crippen LogP contribution in [0.4, 0.5) is 0 Å². The molecule has 0 unspecified atom stereocenters. The molecule has 1 heterocycles. The Morgan fingerprint density at radius 3 is 1.75 bits per heavy atom. The van der Waals surface area contributed by atoms with Gasteiger partial charge in [0.15, 0.2) is 0 Å². The molecule has 0 bridgehead atoms. The van der Waals surface area contributed by atoms with E-state index in [9.17, 15) is 0 Å². The monoisotopic (exact) mass is 564 g/mol. The van der Waals surface area contributed by atoms with Crippen molar-refractivity contribution in [3.63, 3.8) is 0 Å². The molecule has 0 aliphatic rings. The van der Waals surface area contributed by atoms with Gasteiger partial charge in [0, 0.05) is 0 Å². The van der Waals surface area contributed by atoms with E-state index in [-0.39, 0.29) is 0 Å². The minimum atomic E-state index is -1.95. The Kier molecular flexibility index (Phi) is 7.99. The molecule has 0 saturated carbocycles. The fraction of sp³-hybridized carbons (Fsp3) is 0.444. The summed E-state index contributed by atoms with van der Waals surface area (Å²) in [4.78, 5) is 0. The Morgan fingerprint density at radius 1 is 0.812 bits per heavy atom. The number of aryl methyl sites for hydroxylation is 3. The first kappa shape index (κ1) is 25.5. The molecule has 0 atom stereocenters. The van der Waals surface area contributed by atoms with Gasteiger partial charge in [-0.25, -0.2) is 0 Å². The minimum absolute atomic E-state index is 0.400. The van der Waals surface area contributed by atoms with Crippen LogP contribution >= 0.6 is 19.1 Å². The van der Waals surface area contributed by atoms with Crippen molar-refractivity contribution < 1.29 is 14.3 Å². The van der Waals surface area contributed by atoms with Crippen molar-refractivity contribution in [3.05, 3.63) is 79.0 Å². The number of hydrogen-bond acceptors (Lipinski definition) is 0. The Labute approximate surface area is 207 Å². The summed E-state index contributed by atoms with van der Waals surface area (Å²) in [6, 6.07) is 11.2. The van der Waals surface area contributed by atoms with Gasteiger partial charge in [0.2, 0.25) is 0 Å². The summed E-state index contributed by atoms with van der Waals surface area (Å²) in [6.45, 7) is 20.8. The van der Waals surface area contributed by atoms with Crippen LogP contribution in [0.1, 0.15) is 84.3 Å². The van der Waals surface area contributed by atoms with E-state index in [1.807, 2.05) is 0 Å². The van der Waals surface area contributed by atoms with Crippen molar-refractivity contribution >= 4 is 19.1 Å². The molecule has 3 aromatic rings. The van der Waals surface area contributed by atoms with Crippen LogP contribution in [0.3, 0.4) is 0 Å². The predicted octanol–water partition coefficient (Wildman–Crippen LogP) is 8.57. The first-order valence-corrected chi connectivity index (χ1v) is 16.0.